The Hall–Kier alpha value is 0.674. The smallest absolute Gasteiger partial charge is 0 e. The minimum absolute atomic E-state index is 0. The van der Waals surface area contributed by atoms with Crippen molar-refractivity contribution in [3.63, 3.8) is 0 Å². The van der Waals surface area contributed by atoms with Crippen LogP contribution in [0.5, 0.6) is 0 Å². The Balaban J connectivity index is -0.0000000480. The summed E-state index contributed by atoms with van der Waals surface area (Å²) in [7, 11) is 6.00. The Morgan fingerprint density at radius 1 is 0.857 bits per heavy atom. The first-order chi connectivity index (χ1) is 2.73. The third kappa shape index (κ3) is 321. The van der Waals surface area contributed by atoms with Gasteiger partial charge in [-0.1, -0.05) is 13.8 Å². The molecule has 0 heterocycles. The van der Waals surface area contributed by atoms with Gasteiger partial charge in [-0.2, -0.15) is 0 Å². The molecule has 0 bridgehead atoms. The van der Waals surface area contributed by atoms with Gasteiger partial charge in [-0.05, 0) is 21.1 Å². The maximum atomic E-state index is 2.00. The zero-order valence-electron chi connectivity index (χ0n) is 5.95. The average molecular weight is 137 g/mol. The summed E-state index contributed by atoms with van der Waals surface area (Å²) in [6, 6.07) is 0. The van der Waals surface area contributed by atoms with E-state index in [1.165, 1.54) is 0 Å². The van der Waals surface area contributed by atoms with Crippen LogP contribution < -0.4 is 0 Å². The molecule has 1 nitrogen and oxygen atoms in total. The molecule has 0 atom stereocenters. The monoisotopic (exact) mass is 137 g/mol. The predicted octanol–water partition coefficient (Wildman–Crippen LogP) is 1.20. The quantitative estimate of drug-likeness (QED) is 0.453. The topological polar surface area (TPSA) is 3.24 Å². The van der Waals surface area contributed by atoms with E-state index in [0.29, 0.717) is 0 Å². The summed E-state index contributed by atoms with van der Waals surface area (Å²) in [6.07, 6.45) is 0. The normalized spacial score (nSPS) is 6.00. The SMILES string of the molecule is CC.CN(C)C.[Ti]. The predicted molar refractivity (Wildman–Crippen MR) is 31.0 cm³/mol. The van der Waals surface area contributed by atoms with Crippen molar-refractivity contribution < 1.29 is 21.7 Å². The van der Waals surface area contributed by atoms with Gasteiger partial charge in [0.25, 0.3) is 0 Å². The average Bonchev–Trinajstić information content (AvgIpc) is 1.41. The van der Waals surface area contributed by atoms with Crippen LogP contribution in [0.25, 0.3) is 0 Å². The van der Waals surface area contributed by atoms with E-state index < -0.39 is 0 Å². The summed E-state index contributed by atoms with van der Waals surface area (Å²) in [6.45, 7) is 4.00. The Morgan fingerprint density at radius 3 is 0.857 bits per heavy atom. The zero-order valence-corrected chi connectivity index (χ0v) is 7.51. The van der Waals surface area contributed by atoms with E-state index >= 15 is 0 Å². The summed E-state index contributed by atoms with van der Waals surface area (Å²) < 4.78 is 0. The van der Waals surface area contributed by atoms with E-state index in [0.717, 1.165) is 0 Å². The van der Waals surface area contributed by atoms with Gasteiger partial charge in [0, 0.05) is 21.7 Å². The molecule has 0 unspecified atom stereocenters. The van der Waals surface area contributed by atoms with Crippen molar-refractivity contribution in [3.05, 3.63) is 0 Å². The van der Waals surface area contributed by atoms with Crippen LogP contribution in [-0.2, 0) is 21.7 Å². The fourth-order valence-corrected chi connectivity index (χ4v) is 0. The van der Waals surface area contributed by atoms with Crippen LogP contribution in [0.4, 0.5) is 0 Å². The molecular formula is C5H15NTi. The first-order valence-electron chi connectivity index (χ1n) is 2.34. The number of hydrogen-bond donors (Lipinski definition) is 0. The van der Waals surface area contributed by atoms with E-state index in [2.05, 4.69) is 0 Å². The number of hydrogen-bond acceptors (Lipinski definition) is 1. The van der Waals surface area contributed by atoms with Gasteiger partial charge >= 0.3 is 0 Å². The summed E-state index contributed by atoms with van der Waals surface area (Å²) in [5, 5.41) is 0. The first-order valence-corrected chi connectivity index (χ1v) is 2.34. The van der Waals surface area contributed by atoms with Gasteiger partial charge in [-0.3, -0.25) is 0 Å². The van der Waals surface area contributed by atoms with Gasteiger partial charge in [0.1, 0.15) is 0 Å². The fourth-order valence-electron chi connectivity index (χ4n) is 0. The van der Waals surface area contributed by atoms with E-state index in [4.69, 9.17) is 0 Å². The second-order valence-electron chi connectivity index (χ2n) is 1.34. The van der Waals surface area contributed by atoms with Crippen LogP contribution in [-0.4, -0.2) is 26.0 Å². The van der Waals surface area contributed by atoms with Crippen molar-refractivity contribution in [1.29, 1.82) is 0 Å². The van der Waals surface area contributed by atoms with E-state index in [9.17, 15) is 0 Å². The second-order valence-corrected chi connectivity index (χ2v) is 1.34. The van der Waals surface area contributed by atoms with Crippen LogP contribution >= 0.6 is 0 Å². The molecule has 0 saturated heterocycles. The Kier molecular flexibility index (Phi) is 35.6. The Labute approximate surface area is 62.0 Å². The molecule has 0 aromatic carbocycles. The summed E-state index contributed by atoms with van der Waals surface area (Å²) in [5.41, 5.74) is 0. The fraction of sp³-hybridized carbons (Fsp3) is 1.00. The molecule has 0 N–H and O–H groups in total. The molecule has 0 aliphatic carbocycles. The van der Waals surface area contributed by atoms with Gasteiger partial charge < -0.3 is 4.90 Å². The van der Waals surface area contributed by atoms with Crippen molar-refractivity contribution in [2.75, 3.05) is 21.1 Å². The Bertz CT molecular complexity index is 12.8. The second kappa shape index (κ2) is 15.9. The molecule has 2 heteroatoms. The number of rotatable bonds is 0. The molecule has 0 aliphatic rings. The largest absolute Gasteiger partial charge is 0.312 e. The molecule has 0 fully saturated rings. The molecular weight excluding hydrogens is 122 g/mol. The van der Waals surface area contributed by atoms with Crippen molar-refractivity contribution in [1.82, 2.24) is 4.90 Å². The van der Waals surface area contributed by atoms with Crippen LogP contribution in [0.3, 0.4) is 0 Å². The van der Waals surface area contributed by atoms with Crippen LogP contribution in [0.15, 0.2) is 0 Å². The van der Waals surface area contributed by atoms with E-state index in [-0.39, 0.29) is 21.7 Å². The van der Waals surface area contributed by atoms with Gasteiger partial charge in [0.2, 0.25) is 0 Å². The first kappa shape index (κ1) is 15.6. The molecule has 0 rings (SSSR count). The molecule has 0 saturated carbocycles. The zero-order chi connectivity index (χ0) is 5.58. The Morgan fingerprint density at radius 2 is 0.857 bits per heavy atom. The van der Waals surface area contributed by atoms with Crippen LogP contribution in [0, 0.1) is 0 Å². The molecule has 0 aromatic rings. The van der Waals surface area contributed by atoms with Crippen molar-refractivity contribution in [3.8, 4) is 0 Å². The molecule has 0 aromatic heterocycles. The summed E-state index contributed by atoms with van der Waals surface area (Å²) >= 11 is 0. The van der Waals surface area contributed by atoms with Gasteiger partial charge in [-0.25, -0.2) is 0 Å². The van der Waals surface area contributed by atoms with Crippen molar-refractivity contribution >= 4 is 0 Å². The standard InChI is InChI=1S/C3H9N.C2H6.Ti/c1-4(2)3;1-2;/h1-3H3;1-2H3;. The molecule has 7 heavy (non-hydrogen) atoms. The number of nitrogens with zero attached hydrogens (tertiary/aromatic N) is 1. The third-order valence-electron chi connectivity index (χ3n) is 0. The minimum Gasteiger partial charge on any atom is -0.312 e. The van der Waals surface area contributed by atoms with Crippen molar-refractivity contribution in [2.24, 2.45) is 0 Å². The molecule has 44 valence electrons. The molecule has 0 amide bonds. The van der Waals surface area contributed by atoms with Gasteiger partial charge in [-0.15, -0.1) is 0 Å². The molecule has 0 aliphatic heterocycles. The van der Waals surface area contributed by atoms with Crippen LogP contribution in [0.2, 0.25) is 0 Å². The third-order valence-corrected chi connectivity index (χ3v) is 0. The van der Waals surface area contributed by atoms with Crippen molar-refractivity contribution in [2.45, 2.75) is 13.8 Å². The van der Waals surface area contributed by atoms with Gasteiger partial charge in [0.15, 0.2) is 0 Å². The molecule has 0 radical (unpaired) electrons. The minimum atomic E-state index is 0. The van der Waals surface area contributed by atoms with E-state index in [1.807, 2.05) is 39.9 Å². The van der Waals surface area contributed by atoms with E-state index in [1.54, 1.807) is 0 Å². The van der Waals surface area contributed by atoms with Crippen LogP contribution in [0.1, 0.15) is 13.8 Å². The van der Waals surface area contributed by atoms with Gasteiger partial charge in [0.05, 0.1) is 0 Å². The summed E-state index contributed by atoms with van der Waals surface area (Å²) in [4.78, 5) is 2.00. The summed E-state index contributed by atoms with van der Waals surface area (Å²) in [5.74, 6) is 0. The maximum absolute atomic E-state index is 2.00. The molecule has 0 spiro atoms. The maximum Gasteiger partial charge on any atom is 0 e.